The topological polar surface area (TPSA) is 80.7 Å². The van der Waals surface area contributed by atoms with Crippen molar-refractivity contribution < 1.29 is 71.2 Å². The predicted molar refractivity (Wildman–Crippen MR) is 68.2 cm³/mol. The first-order valence-corrected chi connectivity index (χ1v) is 7.61. The van der Waals surface area contributed by atoms with Crippen molar-refractivity contribution in [2.45, 2.75) is 31.7 Å². The van der Waals surface area contributed by atoms with Crippen LogP contribution in [0.2, 0.25) is 0 Å². The van der Waals surface area contributed by atoms with Crippen LogP contribution in [0.25, 0.3) is 0 Å². The Hall–Kier alpha value is 0.976. The molecule has 0 aliphatic carbocycles. The molecule has 2 aliphatic heterocycles. The zero-order chi connectivity index (χ0) is 13.4. The van der Waals surface area contributed by atoms with Gasteiger partial charge < -0.3 is 15.0 Å². The van der Waals surface area contributed by atoms with Gasteiger partial charge in [0, 0.05) is 0 Å². The Morgan fingerprint density at radius 1 is 1.63 bits per heavy atom. The molecule has 1 saturated heterocycles. The average Bonchev–Trinajstić information content (AvgIpc) is 2.60. The maximum atomic E-state index is 11.8. The van der Waals surface area contributed by atoms with E-state index in [1.165, 1.54) is 28.4 Å². The molecular weight excluding hydrogens is 313 g/mol. The van der Waals surface area contributed by atoms with Gasteiger partial charge in [0.25, 0.3) is 0 Å². The summed E-state index contributed by atoms with van der Waals surface area (Å²) < 4.78 is 0.623. The van der Waals surface area contributed by atoms with Crippen molar-refractivity contribution in [2.75, 3.05) is 5.75 Å². The van der Waals surface area contributed by atoms with Gasteiger partial charge in [0.05, 0.1) is 27.9 Å². The monoisotopic (exact) mass is 327 g/mol. The first-order chi connectivity index (χ1) is 8.49. The van der Waals surface area contributed by atoms with Gasteiger partial charge in [0.15, 0.2) is 0 Å². The van der Waals surface area contributed by atoms with E-state index in [4.69, 9.17) is 0 Å². The van der Waals surface area contributed by atoms with Gasteiger partial charge in [-0.1, -0.05) is 18.7 Å². The van der Waals surface area contributed by atoms with E-state index in [1.54, 1.807) is 6.92 Å². The Morgan fingerprint density at radius 3 is 2.74 bits per heavy atom. The van der Waals surface area contributed by atoms with Crippen LogP contribution in [0.4, 0.5) is 0 Å². The molecule has 19 heavy (non-hydrogen) atoms. The van der Waals surface area contributed by atoms with Crippen LogP contribution >= 0.6 is 23.5 Å². The van der Waals surface area contributed by atoms with Crippen LogP contribution in [0.5, 0.6) is 0 Å². The van der Waals surface area contributed by atoms with Gasteiger partial charge >= 0.3 is 51.4 Å². The molecule has 0 bridgehead atoms. The van der Waals surface area contributed by atoms with E-state index in [-0.39, 0.29) is 68.4 Å². The van der Waals surface area contributed by atoms with Crippen LogP contribution in [0.3, 0.4) is 0 Å². The van der Waals surface area contributed by atoms with Gasteiger partial charge in [-0.3, -0.25) is 9.69 Å². The minimum Gasteiger partial charge on any atom is -0.543 e. The minimum atomic E-state index is -1.32. The largest absolute Gasteiger partial charge is 1.00 e. The number of carboxylic acids is 1. The number of aliphatic carboxylic acids is 1. The molecule has 1 amide bonds. The zero-order valence-electron chi connectivity index (χ0n) is 11.1. The number of carboxylic acid groups (broad SMARTS) is 1. The number of nitrogens with zero attached hydrogens (tertiary/aromatic N) is 1. The van der Waals surface area contributed by atoms with E-state index in [2.05, 4.69) is 0 Å². The number of aliphatic hydroxyl groups excluding tert-OH is 1. The van der Waals surface area contributed by atoms with Crippen LogP contribution in [-0.4, -0.2) is 39.1 Å². The first-order valence-electron chi connectivity index (χ1n) is 5.75. The number of carbonyl (C=O) groups is 2. The fourth-order valence-corrected chi connectivity index (χ4v) is 4.88. The van der Waals surface area contributed by atoms with Crippen molar-refractivity contribution in [1.82, 2.24) is 4.90 Å². The molecule has 2 aliphatic rings. The summed E-state index contributed by atoms with van der Waals surface area (Å²) in [5.74, 6) is -1.36. The first kappa shape index (κ1) is 18.0. The maximum absolute atomic E-state index is 11.8. The molecular formula is C11H14KNO4S2. The second-order valence-electron chi connectivity index (χ2n) is 4.26. The molecule has 8 heteroatoms. The summed E-state index contributed by atoms with van der Waals surface area (Å²) in [4.78, 5) is 24.2. The number of amides is 1. The molecule has 3 atom stereocenters. The number of rotatable bonds is 5. The molecule has 0 aromatic rings. The average molecular weight is 327 g/mol. The van der Waals surface area contributed by atoms with Gasteiger partial charge in [-0.05, 0) is 19.1 Å². The third kappa shape index (κ3) is 3.26. The van der Waals surface area contributed by atoms with Crippen LogP contribution in [0, 0.1) is 5.92 Å². The smallest absolute Gasteiger partial charge is 0.543 e. The standard InChI is InChI=1S/C11H15NO4S2.K/c1-3-4-17-11-7(10(15)16)12-8(14)6(5(2)13)9(12)18-11;/h5-6,9,13H,3-4H2,1-2H3,(H,15,16);/q;+1/p-1/t5-,6+,9+;/m1./s1. The van der Waals surface area contributed by atoms with Gasteiger partial charge in [0.1, 0.15) is 5.37 Å². The van der Waals surface area contributed by atoms with Crippen LogP contribution < -0.4 is 56.5 Å². The van der Waals surface area contributed by atoms with Crippen molar-refractivity contribution in [3.8, 4) is 0 Å². The van der Waals surface area contributed by atoms with Crippen molar-refractivity contribution in [1.29, 1.82) is 0 Å². The summed E-state index contributed by atoms with van der Waals surface area (Å²) in [6, 6.07) is 0. The van der Waals surface area contributed by atoms with Gasteiger partial charge in [-0.25, -0.2) is 0 Å². The number of hydrogen-bond acceptors (Lipinski definition) is 6. The summed E-state index contributed by atoms with van der Waals surface area (Å²) in [5, 5.41) is 20.4. The number of fused-ring (bicyclic) bond motifs is 1. The second kappa shape index (κ2) is 7.30. The number of thioether (sulfide) groups is 2. The van der Waals surface area contributed by atoms with E-state index < -0.39 is 18.0 Å². The predicted octanol–water partition coefficient (Wildman–Crippen LogP) is -3.04. The normalized spacial score (nSPS) is 26.7. The van der Waals surface area contributed by atoms with Crippen molar-refractivity contribution in [2.24, 2.45) is 5.92 Å². The summed E-state index contributed by atoms with van der Waals surface area (Å²) in [7, 11) is 0. The molecule has 100 valence electrons. The summed E-state index contributed by atoms with van der Waals surface area (Å²) in [6.45, 7) is 3.56. The van der Waals surface area contributed by atoms with Crippen LogP contribution in [0.1, 0.15) is 20.3 Å². The second-order valence-corrected chi connectivity index (χ2v) is 6.75. The molecule has 0 aromatic carbocycles. The Morgan fingerprint density at radius 2 is 2.26 bits per heavy atom. The van der Waals surface area contributed by atoms with E-state index in [1.807, 2.05) is 6.92 Å². The molecule has 0 unspecified atom stereocenters. The van der Waals surface area contributed by atoms with Gasteiger partial charge in [0.2, 0.25) is 5.91 Å². The van der Waals surface area contributed by atoms with E-state index in [0.717, 1.165) is 12.2 Å². The Bertz CT molecular complexity index is 427. The molecule has 0 saturated carbocycles. The maximum Gasteiger partial charge on any atom is 1.00 e. The zero-order valence-corrected chi connectivity index (χ0v) is 15.8. The third-order valence-corrected chi connectivity index (χ3v) is 5.76. The van der Waals surface area contributed by atoms with Gasteiger partial charge in [-0.2, -0.15) is 0 Å². The molecule has 1 N–H and O–H groups in total. The molecule has 1 fully saturated rings. The minimum absolute atomic E-state index is 0. The Labute approximate surface area is 163 Å². The molecule has 0 radical (unpaired) electrons. The Kier molecular flexibility index (Phi) is 6.93. The molecule has 0 spiro atoms. The quantitative estimate of drug-likeness (QED) is 0.427. The summed E-state index contributed by atoms with van der Waals surface area (Å²) >= 11 is 2.77. The SMILES string of the molecule is CCCSC1=C(C(=O)[O-])N2C(=O)[C@H]([C@@H](C)O)[C@@H]2S1.[K+]. The molecule has 2 heterocycles. The molecule has 2 rings (SSSR count). The van der Waals surface area contributed by atoms with Crippen molar-refractivity contribution in [3.63, 3.8) is 0 Å². The Balaban J connectivity index is 0.00000180. The van der Waals surface area contributed by atoms with E-state index >= 15 is 0 Å². The van der Waals surface area contributed by atoms with Crippen molar-refractivity contribution >= 4 is 35.4 Å². The fraction of sp³-hybridized carbons (Fsp3) is 0.636. The summed E-state index contributed by atoms with van der Waals surface area (Å²) in [6.07, 6.45) is 0.165. The number of β-lactam (4-membered cyclic amide) rings is 1. The van der Waals surface area contributed by atoms with Crippen LogP contribution in [-0.2, 0) is 9.59 Å². The summed E-state index contributed by atoms with van der Waals surface area (Å²) in [5.41, 5.74) is -0.0228. The van der Waals surface area contributed by atoms with E-state index in [0.29, 0.717) is 4.24 Å². The van der Waals surface area contributed by atoms with E-state index in [9.17, 15) is 19.8 Å². The molecule has 0 aromatic heterocycles. The number of aliphatic hydroxyl groups is 1. The molecule has 5 nitrogen and oxygen atoms in total. The van der Waals surface area contributed by atoms with Crippen molar-refractivity contribution in [3.05, 3.63) is 9.93 Å². The fourth-order valence-electron chi connectivity index (χ4n) is 2.04. The van der Waals surface area contributed by atoms with Crippen LogP contribution in [0.15, 0.2) is 9.93 Å². The number of carbonyl (C=O) groups excluding carboxylic acids is 2. The van der Waals surface area contributed by atoms with Gasteiger partial charge in [-0.15, -0.1) is 11.8 Å². The third-order valence-electron chi connectivity index (χ3n) is 2.90. The number of hydrogen-bond donors (Lipinski definition) is 1.